The Morgan fingerprint density at radius 2 is 0.843 bits per heavy atom. The fourth-order valence-electron chi connectivity index (χ4n) is 13.1. The van der Waals surface area contributed by atoms with Crippen molar-refractivity contribution in [3.8, 4) is 0 Å². The third-order valence-electron chi connectivity index (χ3n) is 17.5. The van der Waals surface area contributed by atoms with Gasteiger partial charge in [-0.2, -0.15) is 8.42 Å². The van der Waals surface area contributed by atoms with Gasteiger partial charge in [0.05, 0.1) is 25.2 Å². The third kappa shape index (κ3) is 33.6. The predicted octanol–water partition coefficient (Wildman–Crippen LogP) is 12.6. The van der Waals surface area contributed by atoms with Crippen LogP contribution in [0.4, 0.5) is 0 Å². The largest absolute Gasteiger partial charge is 0.455 e. The number of ether oxygens (including phenoxy) is 5. The van der Waals surface area contributed by atoms with Gasteiger partial charge in [-0.3, -0.25) is 14.1 Å². The third-order valence-corrected chi connectivity index (χ3v) is 18.0. The Bertz CT molecular complexity index is 1740. The van der Waals surface area contributed by atoms with Crippen LogP contribution in [-0.4, -0.2) is 136 Å². The number of carbonyl (C=O) groups excluding carboxylic acids is 2. The molecule has 2 aliphatic heterocycles. The molecule has 0 aliphatic carbocycles. The number of hydrogen-bond donors (Lipinski definition) is 7. The van der Waals surface area contributed by atoms with Crippen LogP contribution < -0.4 is 0 Å². The molecule has 0 bridgehead atoms. The fourth-order valence-corrected chi connectivity index (χ4v) is 13.6. The monoisotopic (exact) mass is 1210 g/mol. The normalized spacial score (nSPS) is 26.2. The first-order chi connectivity index (χ1) is 39.5. The summed E-state index contributed by atoms with van der Waals surface area (Å²) in [5, 5.41) is 64.3. The first-order valence-corrected chi connectivity index (χ1v) is 34.9. The molecular weight excluding hydrogens is 1080 g/mol. The Morgan fingerprint density at radius 1 is 0.470 bits per heavy atom. The SMILES string of the molecule is CCCCCCCCCCCCCCCC(=O)O[C@H]1[C@@H](O[C@H]2O[C@H](CO)[C@@H](O)[C@H](O)[C@H]2OS(=O)(=O)O)O[C@H](CO)[C@@H](O)[C@@H]1OC(=O)[C@@H](C)C[C@@H](C)C[C@@H](C)C[C@@H](C)C[C@@H](C)C[C@@H](C)C[C@@H](C)[C@H](O)CCCCCCCCCCCCCCC. The summed E-state index contributed by atoms with van der Waals surface area (Å²) in [4.78, 5) is 27.7. The van der Waals surface area contributed by atoms with Crippen LogP contribution >= 0.6 is 0 Å². The molecule has 0 unspecified atom stereocenters. The van der Waals surface area contributed by atoms with Gasteiger partial charge in [0.15, 0.2) is 24.6 Å². The highest BCUT2D eigenvalue weighted by molar-refractivity contribution is 7.80. The van der Waals surface area contributed by atoms with Gasteiger partial charge >= 0.3 is 22.3 Å². The molecular formula is C65H124O17S. The topological polar surface area (TPSA) is 265 Å². The maximum atomic E-state index is 14.1. The van der Waals surface area contributed by atoms with Crippen molar-refractivity contribution in [2.45, 2.75) is 348 Å². The zero-order chi connectivity index (χ0) is 61.7. The van der Waals surface area contributed by atoms with Crippen molar-refractivity contribution in [1.29, 1.82) is 0 Å². The molecule has 2 rings (SSSR count). The average Bonchev–Trinajstić information content (AvgIpc) is 3.26. The lowest BCUT2D eigenvalue weighted by Gasteiger charge is -2.46. The predicted molar refractivity (Wildman–Crippen MR) is 325 cm³/mol. The van der Waals surface area contributed by atoms with Gasteiger partial charge in [0.25, 0.3) is 0 Å². The molecule has 0 aromatic carbocycles. The molecule has 83 heavy (non-hydrogen) atoms. The summed E-state index contributed by atoms with van der Waals surface area (Å²) >= 11 is 0. The summed E-state index contributed by atoms with van der Waals surface area (Å²) in [5.41, 5.74) is 0. The lowest BCUT2D eigenvalue weighted by molar-refractivity contribution is -0.374. The quantitative estimate of drug-likeness (QED) is 0.0170. The van der Waals surface area contributed by atoms with Crippen LogP contribution in [0.2, 0.25) is 0 Å². The highest BCUT2D eigenvalue weighted by Gasteiger charge is 2.55. The Morgan fingerprint density at radius 3 is 1.27 bits per heavy atom. The van der Waals surface area contributed by atoms with Crippen LogP contribution in [0.3, 0.4) is 0 Å². The molecule has 0 spiro atoms. The van der Waals surface area contributed by atoms with Crippen molar-refractivity contribution in [2.24, 2.45) is 41.4 Å². The molecule has 2 saturated heterocycles. The molecule has 0 radical (unpaired) electrons. The van der Waals surface area contributed by atoms with Crippen molar-refractivity contribution in [3.63, 3.8) is 0 Å². The molecule has 0 aromatic heterocycles. The second-order valence-electron chi connectivity index (χ2n) is 26.3. The van der Waals surface area contributed by atoms with Crippen LogP contribution in [-0.2, 0) is 47.9 Å². The molecule has 17 nitrogen and oxygen atoms in total. The summed E-state index contributed by atoms with van der Waals surface area (Å²) in [6.07, 6.45) is 19.2. The van der Waals surface area contributed by atoms with Gasteiger partial charge in [-0.1, -0.05) is 223 Å². The molecule has 7 N–H and O–H groups in total. The van der Waals surface area contributed by atoms with Crippen LogP contribution in [0.5, 0.6) is 0 Å². The number of aliphatic hydroxyl groups excluding tert-OH is 6. The van der Waals surface area contributed by atoms with E-state index in [0.29, 0.717) is 36.5 Å². The van der Waals surface area contributed by atoms with E-state index in [1.807, 2.05) is 0 Å². The van der Waals surface area contributed by atoms with Crippen LogP contribution in [0, 0.1) is 41.4 Å². The van der Waals surface area contributed by atoms with Crippen molar-refractivity contribution < 1.29 is 81.1 Å². The van der Waals surface area contributed by atoms with Gasteiger partial charge in [-0.15, -0.1) is 0 Å². The molecule has 18 atom stereocenters. The van der Waals surface area contributed by atoms with Gasteiger partial charge in [0, 0.05) is 6.42 Å². The highest BCUT2D eigenvalue weighted by atomic mass is 32.3. The maximum absolute atomic E-state index is 14.1. The molecule has 0 amide bonds. The van der Waals surface area contributed by atoms with Crippen molar-refractivity contribution in [2.75, 3.05) is 13.2 Å². The maximum Gasteiger partial charge on any atom is 0.397 e. The molecule has 0 saturated carbocycles. The second-order valence-corrected chi connectivity index (χ2v) is 27.4. The van der Waals surface area contributed by atoms with E-state index < -0.39 is 103 Å². The first-order valence-electron chi connectivity index (χ1n) is 33.5. The van der Waals surface area contributed by atoms with E-state index in [4.69, 9.17) is 23.7 Å². The van der Waals surface area contributed by atoms with Crippen molar-refractivity contribution >= 4 is 22.3 Å². The summed E-state index contributed by atoms with van der Waals surface area (Å²) in [6, 6.07) is 0. The van der Waals surface area contributed by atoms with E-state index >= 15 is 0 Å². The number of esters is 2. The van der Waals surface area contributed by atoms with E-state index in [0.717, 1.165) is 77.0 Å². The lowest BCUT2D eigenvalue weighted by Crippen LogP contribution is -2.65. The summed E-state index contributed by atoms with van der Waals surface area (Å²) < 4.78 is 67.3. The van der Waals surface area contributed by atoms with E-state index in [1.165, 1.54) is 122 Å². The number of hydrogen-bond acceptors (Lipinski definition) is 16. The Labute approximate surface area is 504 Å². The summed E-state index contributed by atoms with van der Waals surface area (Å²) in [5.74, 6) is 0.146. The van der Waals surface area contributed by atoms with Gasteiger partial charge in [0.2, 0.25) is 6.29 Å². The molecule has 2 aliphatic rings. The minimum Gasteiger partial charge on any atom is -0.455 e. The van der Waals surface area contributed by atoms with Crippen LogP contribution in [0.15, 0.2) is 0 Å². The minimum absolute atomic E-state index is 0.0558. The van der Waals surface area contributed by atoms with Gasteiger partial charge < -0.3 is 54.3 Å². The Balaban J connectivity index is 1.99. The van der Waals surface area contributed by atoms with E-state index in [9.17, 15) is 53.2 Å². The highest BCUT2D eigenvalue weighted by Crippen LogP contribution is 2.35. The minimum atomic E-state index is -5.32. The van der Waals surface area contributed by atoms with Gasteiger partial charge in [-0.25, -0.2) is 4.18 Å². The number of carbonyl (C=O) groups is 2. The number of aliphatic hydroxyl groups is 6. The van der Waals surface area contributed by atoms with Crippen molar-refractivity contribution in [1.82, 2.24) is 0 Å². The standard InChI is InChI=1S/C65H124O17S/c1-10-12-14-16-18-20-22-24-26-28-30-32-34-36-53(68)51(8)42-49(6)40-47(4)38-46(3)39-48(5)41-50(7)43-52(9)63(73)80-60-58(71)55(45-67)78-65(81-64-61(82-83(74,75)76)59(72)57(70)54(44-66)77-64)62(60)79-56(69)37-35-33-31-29-27-25-23-21-19-17-15-13-11-2/h46-55,57-62,64-68,70-72H,10-45H2,1-9H3,(H,74,75,76)/t46-,47+,48-,49+,50-,51+,52-,53+,54+,55+,57+,58+,59-,60-,61+,62+,64+,65+/m0/s1. The smallest absolute Gasteiger partial charge is 0.397 e. The van der Waals surface area contributed by atoms with Crippen LogP contribution in [0.1, 0.15) is 281 Å². The second kappa shape index (κ2) is 44.8. The van der Waals surface area contributed by atoms with Gasteiger partial charge in [0.1, 0.15) is 30.5 Å². The van der Waals surface area contributed by atoms with E-state index in [2.05, 4.69) is 59.6 Å². The molecule has 18 heteroatoms. The average molecular weight is 1210 g/mol. The lowest BCUT2D eigenvalue weighted by atomic mass is 9.80. The van der Waals surface area contributed by atoms with Gasteiger partial charge in [-0.05, 0) is 86.9 Å². The van der Waals surface area contributed by atoms with Crippen molar-refractivity contribution in [3.05, 3.63) is 0 Å². The fraction of sp³-hybridized carbons (Fsp3) is 0.969. The number of rotatable bonds is 50. The zero-order valence-corrected chi connectivity index (χ0v) is 54.3. The summed E-state index contributed by atoms with van der Waals surface area (Å²) in [6.45, 7) is 18.0. The summed E-state index contributed by atoms with van der Waals surface area (Å²) in [7, 11) is -5.32. The molecule has 2 fully saturated rings. The van der Waals surface area contributed by atoms with Crippen LogP contribution in [0.25, 0.3) is 0 Å². The van der Waals surface area contributed by atoms with E-state index in [1.54, 1.807) is 6.92 Å². The Hall–Kier alpha value is -1.55. The Kier molecular flexibility index (Phi) is 41.9. The zero-order valence-electron chi connectivity index (χ0n) is 53.5. The molecule has 2 heterocycles. The van der Waals surface area contributed by atoms with E-state index in [-0.39, 0.29) is 24.4 Å². The molecule has 492 valence electrons. The first kappa shape index (κ1) is 77.5. The number of unbranched alkanes of at least 4 members (excludes halogenated alkanes) is 24. The molecule has 0 aromatic rings.